The van der Waals surface area contributed by atoms with E-state index in [2.05, 4.69) is 24.1 Å². The highest BCUT2D eigenvalue weighted by Crippen LogP contribution is 2.38. The molecule has 1 atom stereocenters. The van der Waals surface area contributed by atoms with Crippen LogP contribution in [0.5, 0.6) is 0 Å². The van der Waals surface area contributed by atoms with Gasteiger partial charge in [0.15, 0.2) is 0 Å². The number of hydrogen-bond acceptors (Lipinski definition) is 4. The third-order valence-electron chi connectivity index (χ3n) is 4.11. The number of hydrogen-bond donors (Lipinski definition) is 1. The lowest BCUT2D eigenvalue weighted by Gasteiger charge is -2.45. The molecular weight excluding hydrogens is 272 g/mol. The molecule has 5 heteroatoms. The zero-order valence-corrected chi connectivity index (χ0v) is 13.5. The van der Waals surface area contributed by atoms with Crippen molar-refractivity contribution in [3.05, 3.63) is 16.1 Å². The Balaban J connectivity index is 1.96. The highest BCUT2D eigenvalue weighted by atomic mass is 32.1. The summed E-state index contributed by atoms with van der Waals surface area (Å²) in [4.78, 5) is 16.7. The van der Waals surface area contributed by atoms with Crippen LogP contribution >= 0.6 is 11.3 Å². The summed E-state index contributed by atoms with van der Waals surface area (Å²) in [7, 11) is 1.73. The maximum atomic E-state index is 12.2. The summed E-state index contributed by atoms with van der Waals surface area (Å²) >= 11 is 1.56. The number of aromatic nitrogens is 1. The van der Waals surface area contributed by atoms with E-state index in [1.165, 1.54) is 6.42 Å². The van der Waals surface area contributed by atoms with Gasteiger partial charge in [-0.2, -0.15) is 0 Å². The summed E-state index contributed by atoms with van der Waals surface area (Å²) in [6, 6.07) is 0.0176. The minimum atomic E-state index is -0.174. The molecule has 2 rings (SSSR count). The standard InChI is InChI=1S/C15H24N2O2S/c1-10(2)8-13-17-12(9-20-13)14(18)16-11(3)15(19-4)6-5-7-15/h9-11H,5-8H2,1-4H3,(H,16,18). The molecule has 1 N–H and O–H groups in total. The van der Waals surface area contributed by atoms with Crippen LogP contribution < -0.4 is 5.32 Å². The Morgan fingerprint density at radius 3 is 2.70 bits per heavy atom. The first-order valence-corrected chi connectivity index (χ1v) is 8.15. The molecule has 1 aliphatic carbocycles. The molecule has 1 aromatic rings. The molecule has 1 heterocycles. The lowest BCUT2D eigenvalue weighted by molar-refractivity contribution is -0.0919. The third-order valence-corrected chi connectivity index (χ3v) is 4.98. The number of methoxy groups -OCH3 is 1. The van der Waals surface area contributed by atoms with Gasteiger partial charge in [-0.3, -0.25) is 4.79 Å². The van der Waals surface area contributed by atoms with E-state index in [1.54, 1.807) is 18.4 Å². The van der Waals surface area contributed by atoms with E-state index in [-0.39, 0.29) is 17.6 Å². The molecule has 1 unspecified atom stereocenters. The van der Waals surface area contributed by atoms with Gasteiger partial charge >= 0.3 is 0 Å². The Hall–Kier alpha value is -0.940. The zero-order valence-electron chi connectivity index (χ0n) is 12.7. The predicted molar refractivity (Wildman–Crippen MR) is 81.2 cm³/mol. The maximum Gasteiger partial charge on any atom is 0.271 e. The minimum absolute atomic E-state index is 0.0176. The van der Waals surface area contributed by atoms with E-state index in [9.17, 15) is 4.79 Å². The second kappa shape index (κ2) is 6.22. The Morgan fingerprint density at radius 1 is 1.50 bits per heavy atom. The van der Waals surface area contributed by atoms with Crippen LogP contribution in [0.2, 0.25) is 0 Å². The first-order valence-electron chi connectivity index (χ1n) is 7.27. The molecule has 0 bridgehead atoms. The van der Waals surface area contributed by atoms with Crippen LogP contribution in [0.25, 0.3) is 0 Å². The molecule has 0 saturated heterocycles. The molecule has 0 aromatic carbocycles. The van der Waals surface area contributed by atoms with Gasteiger partial charge in [0.25, 0.3) is 5.91 Å². The van der Waals surface area contributed by atoms with Crippen LogP contribution in [-0.4, -0.2) is 29.6 Å². The number of rotatable bonds is 6. The molecule has 4 nitrogen and oxygen atoms in total. The first kappa shape index (κ1) is 15.4. The van der Waals surface area contributed by atoms with E-state index >= 15 is 0 Å². The van der Waals surface area contributed by atoms with Gasteiger partial charge in [-0.15, -0.1) is 11.3 Å². The number of nitrogens with one attached hydrogen (secondary N) is 1. The van der Waals surface area contributed by atoms with Gasteiger partial charge in [0.2, 0.25) is 0 Å². The van der Waals surface area contributed by atoms with Crippen LogP contribution in [0.4, 0.5) is 0 Å². The van der Waals surface area contributed by atoms with Gasteiger partial charge in [-0.25, -0.2) is 4.98 Å². The van der Waals surface area contributed by atoms with Gasteiger partial charge in [0, 0.05) is 18.9 Å². The van der Waals surface area contributed by atoms with Crippen LogP contribution in [0.3, 0.4) is 0 Å². The second-order valence-electron chi connectivity index (χ2n) is 6.04. The van der Waals surface area contributed by atoms with Gasteiger partial charge in [0.05, 0.1) is 16.7 Å². The van der Waals surface area contributed by atoms with Crippen molar-refractivity contribution in [2.24, 2.45) is 5.92 Å². The van der Waals surface area contributed by atoms with Crippen molar-refractivity contribution in [2.75, 3.05) is 7.11 Å². The Bertz CT molecular complexity index is 461. The Labute approximate surface area is 124 Å². The van der Waals surface area contributed by atoms with E-state index in [4.69, 9.17) is 4.74 Å². The zero-order chi connectivity index (χ0) is 14.8. The van der Waals surface area contributed by atoms with E-state index < -0.39 is 0 Å². The lowest BCUT2D eigenvalue weighted by Crippen LogP contribution is -2.56. The molecule has 0 aliphatic heterocycles. The third kappa shape index (κ3) is 3.20. The molecule has 1 fully saturated rings. The van der Waals surface area contributed by atoms with Crippen molar-refractivity contribution in [2.45, 2.75) is 58.1 Å². The molecular formula is C15H24N2O2S. The number of carbonyl (C=O) groups excluding carboxylic acids is 1. The van der Waals surface area contributed by atoms with Gasteiger partial charge in [-0.1, -0.05) is 13.8 Å². The smallest absolute Gasteiger partial charge is 0.271 e. The summed E-state index contributed by atoms with van der Waals surface area (Å²) < 4.78 is 5.60. The average molecular weight is 296 g/mol. The van der Waals surface area contributed by atoms with Gasteiger partial charge in [0.1, 0.15) is 5.69 Å². The van der Waals surface area contributed by atoms with Crippen molar-refractivity contribution >= 4 is 17.2 Å². The molecule has 1 amide bonds. The van der Waals surface area contributed by atoms with E-state index in [0.29, 0.717) is 11.6 Å². The van der Waals surface area contributed by atoms with Crippen molar-refractivity contribution in [1.29, 1.82) is 0 Å². The van der Waals surface area contributed by atoms with Crippen LogP contribution in [-0.2, 0) is 11.2 Å². The average Bonchev–Trinajstić information content (AvgIpc) is 2.75. The topological polar surface area (TPSA) is 51.2 Å². The number of carbonyl (C=O) groups is 1. The SMILES string of the molecule is COC1(C(C)NC(=O)c2csc(CC(C)C)n2)CCC1. The van der Waals surface area contributed by atoms with Gasteiger partial charge in [-0.05, 0) is 32.1 Å². The first-order chi connectivity index (χ1) is 9.47. The molecule has 112 valence electrons. The van der Waals surface area contributed by atoms with E-state index in [1.807, 2.05) is 12.3 Å². The summed E-state index contributed by atoms with van der Waals surface area (Å²) in [5.74, 6) is 0.467. The molecule has 1 aliphatic rings. The lowest BCUT2D eigenvalue weighted by atomic mass is 9.75. The Morgan fingerprint density at radius 2 is 2.20 bits per heavy atom. The van der Waals surface area contributed by atoms with Crippen molar-refractivity contribution < 1.29 is 9.53 Å². The van der Waals surface area contributed by atoms with Crippen molar-refractivity contribution in [1.82, 2.24) is 10.3 Å². The molecule has 20 heavy (non-hydrogen) atoms. The van der Waals surface area contributed by atoms with Crippen molar-refractivity contribution in [3.63, 3.8) is 0 Å². The number of amides is 1. The number of nitrogens with zero attached hydrogens (tertiary/aromatic N) is 1. The number of thiazole rings is 1. The van der Waals surface area contributed by atoms with Crippen molar-refractivity contribution in [3.8, 4) is 0 Å². The van der Waals surface area contributed by atoms with Crippen LogP contribution in [0.15, 0.2) is 5.38 Å². The number of ether oxygens (including phenoxy) is 1. The highest BCUT2D eigenvalue weighted by molar-refractivity contribution is 7.09. The fourth-order valence-electron chi connectivity index (χ4n) is 2.60. The summed E-state index contributed by atoms with van der Waals surface area (Å²) in [5, 5.41) is 5.91. The molecule has 1 saturated carbocycles. The normalized spacial score (nSPS) is 18.6. The molecule has 0 spiro atoms. The fraction of sp³-hybridized carbons (Fsp3) is 0.733. The van der Waals surface area contributed by atoms with Crippen LogP contribution in [0, 0.1) is 5.92 Å². The Kier molecular flexibility index (Phi) is 4.81. The fourth-order valence-corrected chi connectivity index (χ4v) is 3.59. The van der Waals surface area contributed by atoms with E-state index in [0.717, 1.165) is 24.3 Å². The largest absolute Gasteiger partial charge is 0.376 e. The monoisotopic (exact) mass is 296 g/mol. The minimum Gasteiger partial charge on any atom is -0.376 e. The quantitative estimate of drug-likeness (QED) is 0.878. The second-order valence-corrected chi connectivity index (χ2v) is 6.98. The maximum absolute atomic E-state index is 12.2. The summed E-state index contributed by atoms with van der Waals surface area (Å²) in [5.41, 5.74) is 0.356. The summed E-state index contributed by atoms with van der Waals surface area (Å²) in [6.45, 7) is 6.33. The predicted octanol–water partition coefficient (Wildman–Crippen LogP) is 3.03. The highest BCUT2D eigenvalue weighted by Gasteiger charge is 2.43. The molecule has 0 radical (unpaired) electrons. The molecule has 1 aromatic heterocycles. The van der Waals surface area contributed by atoms with Gasteiger partial charge < -0.3 is 10.1 Å². The van der Waals surface area contributed by atoms with Crippen LogP contribution in [0.1, 0.15) is 55.5 Å². The summed E-state index contributed by atoms with van der Waals surface area (Å²) in [6.07, 6.45) is 4.13.